The van der Waals surface area contributed by atoms with E-state index in [9.17, 15) is 0 Å². The monoisotopic (exact) mass is 291 g/mol. The third-order valence-corrected chi connectivity index (χ3v) is 2.86. The molecule has 0 saturated carbocycles. The molecule has 1 aromatic heterocycles. The number of rotatable bonds is 3. The average Bonchev–Trinajstić information content (AvgIpc) is 2.28. The predicted octanol–water partition coefficient (Wildman–Crippen LogP) is 3.35. The number of nitrogens with one attached hydrogen (secondary N) is 1. The van der Waals surface area contributed by atoms with Gasteiger partial charge in [0.05, 0.1) is 5.69 Å². The number of aryl methyl sites for hydroxylation is 1. The number of hydrogen-bond acceptors (Lipinski definition) is 3. The van der Waals surface area contributed by atoms with E-state index in [4.69, 9.17) is 5.73 Å². The summed E-state index contributed by atoms with van der Waals surface area (Å²) in [5, 5.41) is 3.23. The first kappa shape index (κ1) is 11.9. The summed E-state index contributed by atoms with van der Waals surface area (Å²) in [6, 6.07) is 10.2. The molecule has 0 radical (unpaired) electrons. The van der Waals surface area contributed by atoms with E-state index in [0.29, 0.717) is 5.69 Å². The van der Waals surface area contributed by atoms with Gasteiger partial charge in [-0.2, -0.15) is 0 Å². The lowest BCUT2D eigenvalue weighted by Gasteiger charge is -2.08. The van der Waals surface area contributed by atoms with Crippen LogP contribution in [0.4, 0.5) is 11.5 Å². The fourth-order valence-electron chi connectivity index (χ4n) is 1.61. The highest BCUT2D eigenvalue weighted by Crippen LogP contribution is 2.20. The molecule has 3 N–H and O–H groups in total. The van der Waals surface area contributed by atoms with Crippen molar-refractivity contribution in [1.82, 2.24) is 4.98 Å². The van der Waals surface area contributed by atoms with Crippen molar-refractivity contribution < 1.29 is 0 Å². The van der Waals surface area contributed by atoms with Crippen molar-refractivity contribution in [2.75, 3.05) is 11.1 Å². The predicted molar refractivity (Wildman–Crippen MR) is 74.9 cm³/mol. The highest BCUT2D eigenvalue weighted by molar-refractivity contribution is 9.10. The summed E-state index contributed by atoms with van der Waals surface area (Å²) in [6.45, 7) is 2.80. The number of nitrogens with two attached hydrogens (primary N) is 1. The highest BCUT2D eigenvalue weighted by atomic mass is 79.9. The number of halogens is 1. The lowest BCUT2D eigenvalue weighted by atomic mass is 10.1. The number of aromatic nitrogens is 1. The third kappa shape index (κ3) is 3.20. The topological polar surface area (TPSA) is 50.9 Å². The van der Waals surface area contributed by atoms with Crippen molar-refractivity contribution in [3.05, 3.63) is 52.1 Å². The van der Waals surface area contributed by atoms with Crippen LogP contribution >= 0.6 is 15.9 Å². The number of nitrogens with zero attached hydrogens (tertiary/aromatic N) is 1. The van der Waals surface area contributed by atoms with E-state index in [1.807, 2.05) is 12.1 Å². The normalized spacial score (nSPS) is 10.2. The second kappa shape index (κ2) is 5.19. The van der Waals surface area contributed by atoms with Crippen molar-refractivity contribution in [3.8, 4) is 0 Å². The van der Waals surface area contributed by atoms with Gasteiger partial charge in [0, 0.05) is 17.2 Å². The Kier molecular flexibility index (Phi) is 3.64. The van der Waals surface area contributed by atoms with Crippen LogP contribution in [0, 0.1) is 6.92 Å². The van der Waals surface area contributed by atoms with Crippen LogP contribution in [0.5, 0.6) is 0 Å². The Labute approximate surface area is 109 Å². The first-order valence-electron chi connectivity index (χ1n) is 5.35. The standard InChI is InChI=1S/C13H14BrN3/c1-9-3-2-4-10(5-9)7-16-13-12(15)6-11(14)8-17-13/h2-6,8H,7,15H2,1H3,(H,16,17). The van der Waals surface area contributed by atoms with E-state index < -0.39 is 0 Å². The molecule has 2 rings (SSSR count). The molecule has 2 aromatic rings. The Morgan fingerprint density at radius 2 is 2.18 bits per heavy atom. The highest BCUT2D eigenvalue weighted by Gasteiger charge is 2.01. The van der Waals surface area contributed by atoms with Gasteiger partial charge in [-0.1, -0.05) is 29.8 Å². The lowest BCUT2D eigenvalue weighted by molar-refractivity contribution is 1.11. The van der Waals surface area contributed by atoms with Crippen LogP contribution in [0.3, 0.4) is 0 Å². The summed E-state index contributed by atoms with van der Waals surface area (Å²) in [5.41, 5.74) is 8.97. The molecule has 0 aliphatic rings. The lowest BCUT2D eigenvalue weighted by Crippen LogP contribution is -2.04. The zero-order chi connectivity index (χ0) is 12.3. The second-order valence-corrected chi connectivity index (χ2v) is 4.85. The molecule has 0 atom stereocenters. The SMILES string of the molecule is Cc1cccc(CNc2ncc(Br)cc2N)c1. The molecule has 0 saturated heterocycles. The summed E-state index contributed by atoms with van der Waals surface area (Å²) in [7, 11) is 0. The van der Waals surface area contributed by atoms with Gasteiger partial charge in [0.25, 0.3) is 0 Å². The first-order chi connectivity index (χ1) is 8.15. The van der Waals surface area contributed by atoms with Crippen LogP contribution in [0.15, 0.2) is 41.0 Å². The van der Waals surface area contributed by atoms with E-state index in [1.165, 1.54) is 11.1 Å². The maximum absolute atomic E-state index is 5.86. The van der Waals surface area contributed by atoms with Gasteiger partial charge in [-0.3, -0.25) is 0 Å². The van der Waals surface area contributed by atoms with E-state index in [2.05, 4.69) is 51.4 Å². The van der Waals surface area contributed by atoms with Gasteiger partial charge in [0.2, 0.25) is 0 Å². The molecule has 0 spiro atoms. The summed E-state index contributed by atoms with van der Waals surface area (Å²) in [6.07, 6.45) is 1.73. The molecule has 0 amide bonds. The van der Waals surface area contributed by atoms with Crippen molar-refractivity contribution in [2.45, 2.75) is 13.5 Å². The van der Waals surface area contributed by atoms with E-state index in [0.717, 1.165) is 16.8 Å². The molecule has 0 aliphatic carbocycles. The van der Waals surface area contributed by atoms with Crippen LogP contribution in [0.1, 0.15) is 11.1 Å². The van der Waals surface area contributed by atoms with Crippen LogP contribution in [-0.2, 0) is 6.54 Å². The molecule has 0 unspecified atom stereocenters. The van der Waals surface area contributed by atoms with Gasteiger partial charge >= 0.3 is 0 Å². The van der Waals surface area contributed by atoms with Gasteiger partial charge < -0.3 is 11.1 Å². The fraction of sp³-hybridized carbons (Fsp3) is 0.154. The number of benzene rings is 1. The second-order valence-electron chi connectivity index (χ2n) is 3.93. The Bertz CT molecular complexity index is 526. The Morgan fingerprint density at radius 3 is 2.88 bits per heavy atom. The van der Waals surface area contributed by atoms with Crippen LogP contribution in [0.25, 0.3) is 0 Å². The molecule has 0 fully saturated rings. The molecule has 17 heavy (non-hydrogen) atoms. The number of hydrogen-bond donors (Lipinski definition) is 2. The van der Waals surface area contributed by atoms with Crippen LogP contribution < -0.4 is 11.1 Å². The molecule has 88 valence electrons. The van der Waals surface area contributed by atoms with Gasteiger partial charge in [-0.15, -0.1) is 0 Å². The molecule has 4 heteroatoms. The maximum atomic E-state index is 5.86. The molecule has 1 aromatic carbocycles. The van der Waals surface area contributed by atoms with Crippen molar-refractivity contribution in [2.24, 2.45) is 0 Å². The minimum Gasteiger partial charge on any atom is -0.396 e. The Balaban J connectivity index is 2.07. The van der Waals surface area contributed by atoms with Gasteiger partial charge in [0.1, 0.15) is 5.82 Å². The van der Waals surface area contributed by atoms with E-state index in [1.54, 1.807) is 6.20 Å². The first-order valence-corrected chi connectivity index (χ1v) is 6.15. The number of anilines is 2. The molecule has 0 bridgehead atoms. The molecule has 3 nitrogen and oxygen atoms in total. The van der Waals surface area contributed by atoms with E-state index in [-0.39, 0.29) is 0 Å². The quantitative estimate of drug-likeness (QED) is 0.912. The largest absolute Gasteiger partial charge is 0.396 e. The minimum atomic E-state index is 0.645. The smallest absolute Gasteiger partial charge is 0.149 e. The van der Waals surface area contributed by atoms with Crippen molar-refractivity contribution in [1.29, 1.82) is 0 Å². The molecular formula is C13H14BrN3. The zero-order valence-electron chi connectivity index (χ0n) is 9.57. The minimum absolute atomic E-state index is 0.645. The number of pyridine rings is 1. The molecule has 0 aliphatic heterocycles. The molecule has 1 heterocycles. The summed E-state index contributed by atoms with van der Waals surface area (Å²) in [5.74, 6) is 0.717. The van der Waals surface area contributed by atoms with Crippen LogP contribution in [-0.4, -0.2) is 4.98 Å². The van der Waals surface area contributed by atoms with Crippen molar-refractivity contribution >= 4 is 27.4 Å². The van der Waals surface area contributed by atoms with Gasteiger partial charge in [0.15, 0.2) is 0 Å². The van der Waals surface area contributed by atoms with E-state index >= 15 is 0 Å². The fourth-order valence-corrected chi connectivity index (χ4v) is 1.96. The molecular weight excluding hydrogens is 278 g/mol. The summed E-state index contributed by atoms with van der Waals surface area (Å²) < 4.78 is 0.885. The summed E-state index contributed by atoms with van der Waals surface area (Å²) in [4.78, 5) is 4.23. The average molecular weight is 292 g/mol. The third-order valence-electron chi connectivity index (χ3n) is 2.43. The van der Waals surface area contributed by atoms with Crippen molar-refractivity contribution in [3.63, 3.8) is 0 Å². The van der Waals surface area contributed by atoms with Gasteiger partial charge in [-0.05, 0) is 34.5 Å². The van der Waals surface area contributed by atoms with Crippen LogP contribution in [0.2, 0.25) is 0 Å². The Hall–Kier alpha value is -1.55. The maximum Gasteiger partial charge on any atom is 0.149 e. The Morgan fingerprint density at radius 1 is 1.35 bits per heavy atom. The zero-order valence-corrected chi connectivity index (χ0v) is 11.2. The summed E-state index contributed by atoms with van der Waals surface area (Å²) >= 11 is 3.33. The number of nitrogen functional groups attached to an aromatic ring is 1. The van der Waals surface area contributed by atoms with Gasteiger partial charge in [-0.25, -0.2) is 4.98 Å².